The van der Waals surface area contributed by atoms with E-state index in [9.17, 15) is 4.79 Å². The maximum Gasteiger partial charge on any atom is 0.335 e. The van der Waals surface area contributed by atoms with Gasteiger partial charge in [-0.15, -0.1) is 0 Å². The highest BCUT2D eigenvalue weighted by Gasteiger charge is 2.07. The third kappa shape index (κ3) is 2.34. The first kappa shape index (κ1) is 10.3. The Labute approximate surface area is 81.1 Å². The maximum absolute atomic E-state index is 10.6. The summed E-state index contributed by atoms with van der Waals surface area (Å²) in [6, 6.07) is 6.37. The molecule has 1 aromatic rings. The number of carbonyl (C=O) groups is 1. The van der Waals surface area contributed by atoms with Gasteiger partial charge in [0.15, 0.2) is 6.79 Å². The van der Waals surface area contributed by atoms with E-state index in [1.54, 1.807) is 18.2 Å². The van der Waals surface area contributed by atoms with Gasteiger partial charge in [0, 0.05) is 0 Å². The summed E-state index contributed by atoms with van der Waals surface area (Å²) >= 11 is 0. The molecule has 0 saturated heterocycles. The number of aliphatic hydroxyl groups is 1. The number of aliphatic carboxylic acids is 1. The molecule has 14 heavy (non-hydrogen) atoms. The number of aliphatic hydroxyl groups excluding tert-OH is 1. The van der Waals surface area contributed by atoms with Crippen molar-refractivity contribution in [2.75, 3.05) is 6.79 Å². The van der Waals surface area contributed by atoms with Crippen molar-refractivity contribution in [3.63, 3.8) is 0 Å². The molecule has 0 aliphatic rings. The van der Waals surface area contributed by atoms with Gasteiger partial charge in [0.05, 0.1) is 5.57 Å². The zero-order valence-corrected chi connectivity index (χ0v) is 7.43. The molecule has 1 aromatic carbocycles. The van der Waals surface area contributed by atoms with Gasteiger partial charge in [0.1, 0.15) is 5.75 Å². The second-order valence-electron chi connectivity index (χ2n) is 2.58. The van der Waals surface area contributed by atoms with Crippen molar-refractivity contribution in [1.29, 1.82) is 0 Å². The Morgan fingerprint density at radius 3 is 2.79 bits per heavy atom. The van der Waals surface area contributed by atoms with Gasteiger partial charge in [-0.1, -0.05) is 18.7 Å². The lowest BCUT2D eigenvalue weighted by Gasteiger charge is -2.04. The minimum atomic E-state index is -1.08. The summed E-state index contributed by atoms with van der Waals surface area (Å²) in [5, 5.41) is 17.2. The molecule has 0 amide bonds. The van der Waals surface area contributed by atoms with Crippen molar-refractivity contribution in [3.8, 4) is 5.75 Å². The SMILES string of the molecule is C=C(C(=O)O)c1cccc(OCO)c1. The Morgan fingerprint density at radius 1 is 1.50 bits per heavy atom. The summed E-state index contributed by atoms with van der Waals surface area (Å²) < 4.78 is 4.80. The van der Waals surface area contributed by atoms with Crippen LogP contribution < -0.4 is 4.74 Å². The first-order chi connectivity index (χ1) is 6.65. The fraction of sp³-hybridized carbons (Fsp3) is 0.100. The predicted molar refractivity (Wildman–Crippen MR) is 50.8 cm³/mol. The van der Waals surface area contributed by atoms with E-state index in [-0.39, 0.29) is 5.57 Å². The highest BCUT2D eigenvalue weighted by molar-refractivity contribution is 6.14. The van der Waals surface area contributed by atoms with Crippen LogP contribution in [0.5, 0.6) is 5.75 Å². The van der Waals surface area contributed by atoms with E-state index in [0.29, 0.717) is 11.3 Å². The lowest BCUT2D eigenvalue weighted by atomic mass is 10.1. The zero-order chi connectivity index (χ0) is 10.6. The zero-order valence-electron chi connectivity index (χ0n) is 7.43. The van der Waals surface area contributed by atoms with Gasteiger partial charge in [0.25, 0.3) is 0 Å². The molecule has 0 fully saturated rings. The number of ether oxygens (including phenoxy) is 1. The summed E-state index contributed by atoms with van der Waals surface area (Å²) in [5.74, 6) is -0.668. The second kappa shape index (κ2) is 4.43. The van der Waals surface area contributed by atoms with Crippen LogP contribution in [0.1, 0.15) is 5.56 Å². The fourth-order valence-corrected chi connectivity index (χ4v) is 0.972. The summed E-state index contributed by atoms with van der Waals surface area (Å²) in [7, 11) is 0. The largest absolute Gasteiger partial charge is 0.478 e. The van der Waals surface area contributed by atoms with E-state index in [1.807, 2.05) is 0 Å². The Morgan fingerprint density at radius 2 is 2.21 bits per heavy atom. The van der Waals surface area contributed by atoms with Crippen LogP contribution in [-0.2, 0) is 4.79 Å². The standard InChI is InChI=1S/C10H10O4/c1-7(10(12)13)8-3-2-4-9(5-8)14-6-11/h2-5,11H,1,6H2,(H,12,13). The summed E-state index contributed by atoms with van der Waals surface area (Å²) in [4.78, 5) is 10.6. The van der Waals surface area contributed by atoms with Crippen LogP contribution >= 0.6 is 0 Å². The lowest BCUT2D eigenvalue weighted by molar-refractivity contribution is -0.130. The monoisotopic (exact) mass is 194 g/mol. The topological polar surface area (TPSA) is 66.8 Å². The lowest BCUT2D eigenvalue weighted by Crippen LogP contribution is -1.99. The first-order valence-electron chi connectivity index (χ1n) is 3.91. The molecule has 0 unspecified atom stereocenters. The molecule has 0 heterocycles. The van der Waals surface area contributed by atoms with Gasteiger partial charge in [-0.2, -0.15) is 0 Å². The van der Waals surface area contributed by atoms with Gasteiger partial charge in [-0.05, 0) is 17.7 Å². The molecular formula is C10H10O4. The smallest absolute Gasteiger partial charge is 0.335 e. The minimum Gasteiger partial charge on any atom is -0.478 e. The van der Waals surface area contributed by atoms with Crippen LogP contribution in [0.4, 0.5) is 0 Å². The molecule has 0 aliphatic heterocycles. The number of carboxylic acids is 1. The highest BCUT2D eigenvalue weighted by Crippen LogP contribution is 2.18. The molecule has 0 spiro atoms. The van der Waals surface area contributed by atoms with E-state index in [2.05, 4.69) is 6.58 Å². The molecule has 4 heteroatoms. The fourth-order valence-electron chi connectivity index (χ4n) is 0.972. The molecular weight excluding hydrogens is 184 g/mol. The number of rotatable bonds is 4. The quantitative estimate of drug-likeness (QED) is 0.556. The van der Waals surface area contributed by atoms with Crippen molar-refractivity contribution in [2.45, 2.75) is 0 Å². The Hall–Kier alpha value is -1.81. The number of hydrogen-bond donors (Lipinski definition) is 2. The highest BCUT2D eigenvalue weighted by atomic mass is 16.6. The molecule has 0 bridgehead atoms. The molecule has 74 valence electrons. The van der Waals surface area contributed by atoms with Crippen LogP contribution in [0.2, 0.25) is 0 Å². The van der Waals surface area contributed by atoms with Crippen molar-refractivity contribution in [1.82, 2.24) is 0 Å². The Balaban J connectivity index is 2.93. The van der Waals surface area contributed by atoms with E-state index >= 15 is 0 Å². The molecule has 1 rings (SSSR count). The van der Waals surface area contributed by atoms with Crippen LogP contribution in [0.25, 0.3) is 5.57 Å². The van der Waals surface area contributed by atoms with E-state index in [0.717, 1.165) is 0 Å². The van der Waals surface area contributed by atoms with E-state index in [4.69, 9.17) is 14.9 Å². The van der Waals surface area contributed by atoms with Gasteiger partial charge in [-0.3, -0.25) is 0 Å². The molecule has 0 atom stereocenters. The van der Waals surface area contributed by atoms with E-state index < -0.39 is 12.8 Å². The molecule has 2 N–H and O–H groups in total. The molecule has 0 aliphatic carbocycles. The number of hydrogen-bond acceptors (Lipinski definition) is 3. The summed E-state index contributed by atoms with van der Waals surface area (Å²) in [6.45, 7) is 2.97. The Bertz CT molecular complexity index is 357. The van der Waals surface area contributed by atoms with Crippen LogP contribution in [0.15, 0.2) is 30.8 Å². The molecule has 4 nitrogen and oxygen atoms in total. The normalized spacial score (nSPS) is 9.50. The summed E-state index contributed by atoms with van der Waals surface area (Å²) in [6.07, 6.45) is 0. The van der Waals surface area contributed by atoms with E-state index in [1.165, 1.54) is 6.07 Å². The van der Waals surface area contributed by atoms with Crippen LogP contribution in [-0.4, -0.2) is 23.0 Å². The van der Waals surface area contributed by atoms with Crippen molar-refractivity contribution in [3.05, 3.63) is 36.4 Å². The first-order valence-corrected chi connectivity index (χ1v) is 3.91. The molecule has 0 saturated carbocycles. The third-order valence-electron chi connectivity index (χ3n) is 1.67. The third-order valence-corrected chi connectivity index (χ3v) is 1.67. The Kier molecular flexibility index (Phi) is 3.25. The summed E-state index contributed by atoms with van der Waals surface area (Å²) in [5.41, 5.74) is 0.455. The van der Waals surface area contributed by atoms with Gasteiger partial charge in [-0.25, -0.2) is 4.79 Å². The van der Waals surface area contributed by atoms with Crippen LogP contribution in [0, 0.1) is 0 Å². The predicted octanol–water partition coefficient (Wildman–Crippen LogP) is 1.11. The van der Waals surface area contributed by atoms with Crippen molar-refractivity contribution in [2.24, 2.45) is 0 Å². The average Bonchev–Trinajstić information content (AvgIpc) is 2.17. The maximum atomic E-state index is 10.6. The minimum absolute atomic E-state index is 0.00612. The van der Waals surface area contributed by atoms with Gasteiger partial charge in [0.2, 0.25) is 0 Å². The molecule has 0 aromatic heterocycles. The average molecular weight is 194 g/mol. The number of benzene rings is 1. The van der Waals surface area contributed by atoms with Gasteiger partial charge >= 0.3 is 5.97 Å². The second-order valence-corrected chi connectivity index (χ2v) is 2.58. The molecule has 0 radical (unpaired) electrons. The van der Waals surface area contributed by atoms with Crippen LogP contribution in [0.3, 0.4) is 0 Å². The number of carboxylic acid groups (broad SMARTS) is 1. The van der Waals surface area contributed by atoms with Gasteiger partial charge < -0.3 is 14.9 Å². The van der Waals surface area contributed by atoms with Crippen molar-refractivity contribution >= 4 is 11.5 Å². The van der Waals surface area contributed by atoms with Crippen molar-refractivity contribution < 1.29 is 19.7 Å².